The zero-order chi connectivity index (χ0) is 42.2. The summed E-state index contributed by atoms with van der Waals surface area (Å²) in [5.74, 6) is 0.879. The molecule has 0 saturated carbocycles. The third-order valence-corrected chi connectivity index (χ3v) is 12.4. The first-order chi connectivity index (χ1) is 30.4. The number of hydrogen-bond donors (Lipinski definition) is 0. The zero-order valence-corrected chi connectivity index (χ0v) is 35.8. The van der Waals surface area contributed by atoms with Crippen LogP contribution in [0, 0.1) is 0 Å². The number of benzene rings is 10. The van der Waals surface area contributed by atoms with E-state index in [0.717, 1.165) is 34.1 Å². The van der Waals surface area contributed by atoms with Gasteiger partial charge in [0.05, 0.1) is 11.4 Å². The number of anilines is 6. The predicted octanol–water partition coefficient (Wildman–Crippen LogP) is 17.7. The Kier molecular flexibility index (Phi) is 10.4. The summed E-state index contributed by atoms with van der Waals surface area (Å²) >= 11 is 0. The largest absolute Gasteiger partial charge is 0.310 e. The molecule has 0 bridgehead atoms. The molecule has 0 heterocycles. The molecule has 0 saturated heterocycles. The molecule has 0 spiro atoms. The second kappa shape index (κ2) is 16.6. The van der Waals surface area contributed by atoms with E-state index in [0.29, 0.717) is 11.8 Å². The molecule has 0 aliphatic rings. The van der Waals surface area contributed by atoms with Crippen LogP contribution in [0.3, 0.4) is 0 Å². The monoisotopic (exact) mass is 798 g/mol. The van der Waals surface area contributed by atoms with Crippen molar-refractivity contribution in [3.05, 3.63) is 230 Å². The Bertz CT molecular complexity index is 2950. The number of rotatable bonds is 10. The summed E-state index contributed by atoms with van der Waals surface area (Å²) in [6, 6.07) is 80.4. The third kappa shape index (κ3) is 7.28. The lowest BCUT2D eigenvalue weighted by Crippen LogP contribution is -2.12. The van der Waals surface area contributed by atoms with Gasteiger partial charge in [-0.2, -0.15) is 0 Å². The Morgan fingerprint density at radius 1 is 0.258 bits per heavy atom. The number of hydrogen-bond acceptors (Lipinski definition) is 2. The van der Waals surface area contributed by atoms with E-state index in [2.05, 4.69) is 256 Å². The smallest absolute Gasteiger partial charge is 0.0546 e. The fourth-order valence-electron chi connectivity index (χ4n) is 9.06. The lowest BCUT2D eigenvalue weighted by molar-refractivity contribution is 0.866. The second-order valence-electron chi connectivity index (χ2n) is 17.0. The van der Waals surface area contributed by atoms with Crippen LogP contribution >= 0.6 is 0 Å². The molecule has 0 radical (unpaired) electrons. The van der Waals surface area contributed by atoms with Crippen molar-refractivity contribution in [3.63, 3.8) is 0 Å². The fourth-order valence-corrected chi connectivity index (χ4v) is 9.06. The molecule has 10 aromatic carbocycles. The van der Waals surface area contributed by atoms with Crippen molar-refractivity contribution in [3.8, 4) is 22.3 Å². The summed E-state index contributed by atoms with van der Waals surface area (Å²) < 4.78 is 0. The molecule has 10 aromatic rings. The van der Waals surface area contributed by atoms with Gasteiger partial charge in [-0.15, -0.1) is 0 Å². The Morgan fingerprint density at radius 2 is 0.597 bits per heavy atom. The van der Waals surface area contributed by atoms with Gasteiger partial charge < -0.3 is 9.80 Å². The summed E-state index contributed by atoms with van der Waals surface area (Å²) in [7, 11) is 0. The minimum absolute atomic E-state index is 0.439. The quantitative estimate of drug-likeness (QED) is 0.127. The molecule has 0 aromatic heterocycles. The van der Waals surface area contributed by atoms with Crippen molar-refractivity contribution in [1.82, 2.24) is 0 Å². The van der Waals surface area contributed by atoms with Crippen molar-refractivity contribution in [1.29, 1.82) is 0 Å². The van der Waals surface area contributed by atoms with Crippen LogP contribution in [-0.2, 0) is 0 Å². The minimum atomic E-state index is 0.439. The van der Waals surface area contributed by atoms with Gasteiger partial charge in [-0.3, -0.25) is 0 Å². The van der Waals surface area contributed by atoms with Crippen molar-refractivity contribution >= 4 is 66.4 Å². The molecule has 0 aliphatic heterocycles. The average Bonchev–Trinajstić information content (AvgIpc) is 3.33. The van der Waals surface area contributed by atoms with E-state index in [1.165, 1.54) is 65.7 Å². The molecular formula is C60H50N2. The molecule has 0 N–H and O–H groups in total. The van der Waals surface area contributed by atoms with Crippen LogP contribution in [-0.4, -0.2) is 0 Å². The minimum Gasteiger partial charge on any atom is -0.310 e. The maximum absolute atomic E-state index is 2.46. The molecule has 2 nitrogen and oxygen atoms in total. The van der Waals surface area contributed by atoms with Crippen LogP contribution in [0.4, 0.5) is 34.1 Å². The fraction of sp³-hybridized carbons (Fsp3) is 0.100. The van der Waals surface area contributed by atoms with Crippen molar-refractivity contribution in [2.75, 3.05) is 9.80 Å². The van der Waals surface area contributed by atoms with Gasteiger partial charge in [0.2, 0.25) is 0 Å². The topological polar surface area (TPSA) is 6.48 Å². The Labute approximate surface area is 366 Å². The maximum atomic E-state index is 2.46. The van der Waals surface area contributed by atoms with Crippen molar-refractivity contribution in [2.24, 2.45) is 0 Å². The molecule has 10 rings (SSSR count). The van der Waals surface area contributed by atoms with Gasteiger partial charge in [0.15, 0.2) is 0 Å². The molecular weight excluding hydrogens is 749 g/mol. The van der Waals surface area contributed by atoms with Crippen LogP contribution in [0.25, 0.3) is 54.6 Å². The van der Waals surface area contributed by atoms with Gasteiger partial charge in [-0.05, 0) is 127 Å². The normalized spacial score (nSPS) is 11.5. The summed E-state index contributed by atoms with van der Waals surface area (Å²) in [5, 5.41) is 7.24. The highest BCUT2D eigenvalue weighted by molar-refractivity contribution is 6.24. The first-order valence-corrected chi connectivity index (χ1v) is 21.9. The first-order valence-electron chi connectivity index (χ1n) is 21.9. The molecule has 0 fully saturated rings. The maximum Gasteiger partial charge on any atom is 0.0546 e. The van der Waals surface area contributed by atoms with E-state index in [-0.39, 0.29) is 0 Å². The van der Waals surface area contributed by atoms with E-state index in [9.17, 15) is 0 Å². The lowest BCUT2D eigenvalue weighted by atomic mass is 9.93. The molecule has 0 unspecified atom stereocenters. The van der Waals surface area contributed by atoms with Gasteiger partial charge in [-0.1, -0.05) is 185 Å². The Morgan fingerprint density at radius 3 is 0.968 bits per heavy atom. The van der Waals surface area contributed by atoms with Crippen LogP contribution in [0.5, 0.6) is 0 Å². The second-order valence-corrected chi connectivity index (χ2v) is 17.0. The SMILES string of the molecule is CC(C)c1ccc(N(c2cccc(-c3ccccc3)c2)c2cc3c4ccccc4c(N(c4ccc(C(C)C)cc4)c4cccc(-c5ccccc5)c4)cc3c3ccccc23)cc1. The molecule has 0 aliphatic carbocycles. The lowest BCUT2D eigenvalue weighted by Gasteiger charge is -2.30. The summed E-state index contributed by atoms with van der Waals surface area (Å²) in [4.78, 5) is 4.91. The van der Waals surface area contributed by atoms with Crippen molar-refractivity contribution in [2.45, 2.75) is 39.5 Å². The standard InChI is InChI=1S/C60H50N2/c1-41(2)43-29-33-49(34-30-43)61(51-23-15-21-47(37-51)45-17-7-5-8-18-45)59-39-57-54-26-12-14-28-56(54)60(40-58(57)53-25-11-13-27-55(53)59)62(50-35-31-44(32-36-50)42(3)4)52-24-16-22-48(38-52)46-19-9-6-10-20-46/h5-42H,1-4H3. The van der Waals surface area contributed by atoms with Gasteiger partial charge in [0.25, 0.3) is 0 Å². The highest BCUT2D eigenvalue weighted by Crippen LogP contribution is 2.48. The first kappa shape index (κ1) is 38.8. The van der Waals surface area contributed by atoms with Gasteiger partial charge >= 0.3 is 0 Å². The van der Waals surface area contributed by atoms with Gasteiger partial charge in [0.1, 0.15) is 0 Å². The van der Waals surface area contributed by atoms with E-state index >= 15 is 0 Å². The molecule has 62 heavy (non-hydrogen) atoms. The van der Waals surface area contributed by atoms with E-state index < -0.39 is 0 Å². The van der Waals surface area contributed by atoms with E-state index in [1.807, 2.05) is 0 Å². The van der Waals surface area contributed by atoms with E-state index in [1.54, 1.807) is 0 Å². The van der Waals surface area contributed by atoms with Crippen LogP contribution in [0.15, 0.2) is 218 Å². The summed E-state index contributed by atoms with van der Waals surface area (Å²) in [5.41, 5.74) is 14.2. The van der Waals surface area contributed by atoms with Crippen LogP contribution < -0.4 is 9.80 Å². The molecule has 2 heteroatoms. The van der Waals surface area contributed by atoms with Crippen molar-refractivity contribution < 1.29 is 0 Å². The number of fused-ring (bicyclic) bond motifs is 5. The van der Waals surface area contributed by atoms with Crippen LogP contribution in [0.2, 0.25) is 0 Å². The van der Waals surface area contributed by atoms with Gasteiger partial charge in [-0.25, -0.2) is 0 Å². The molecule has 300 valence electrons. The highest BCUT2D eigenvalue weighted by Gasteiger charge is 2.23. The summed E-state index contributed by atoms with van der Waals surface area (Å²) in [6.07, 6.45) is 0. The van der Waals surface area contributed by atoms with Gasteiger partial charge in [0, 0.05) is 33.5 Å². The zero-order valence-electron chi connectivity index (χ0n) is 35.8. The van der Waals surface area contributed by atoms with E-state index in [4.69, 9.17) is 0 Å². The Hall–Kier alpha value is -7.42. The Balaban J connectivity index is 1.24. The highest BCUT2D eigenvalue weighted by atomic mass is 15.2. The predicted molar refractivity (Wildman–Crippen MR) is 267 cm³/mol. The average molecular weight is 799 g/mol. The molecule has 0 atom stereocenters. The molecule has 0 amide bonds. The van der Waals surface area contributed by atoms with Crippen LogP contribution in [0.1, 0.15) is 50.7 Å². The summed E-state index contributed by atoms with van der Waals surface area (Å²) in [6.45, 7) is 9.03. The number of nitrogens with zero attached hydrogens (tertiary/aromatic N) is 2. The third-order valence-electron chi connectivity index (χ3n) is 12.4.